The van der Waals surface area contributed by atoms with E-state index < -0.39 is 10.0 Å². The van der Waals surface area contributed by atoms with Crippen LogP contribution in [0.4, 0.5) is 5.69 Å². The molecular formula is C24H22Cl2N2O3S. The summed E-state index contributed by atoms with van der Waals surface area (Å²) in [5.74, 6) is -0.0380. The molecule has 8 heteroatoms. The SMILES string of the molecule is CS(=O)(=O)N(Cc1ccc(C(=O)N2CCc3ccccc3C2)cc1)c1cccc(Cl)c1Cl. The van der Waals surface area contributed by atoms with Crippen molar-refractivity contribution in [2.24, 2.45) is 0 Å². The number of hydrogen-bond donors (Lipinski definition) is 0. The predicted octanol–water partition coefficient (Wildman–Crippen LogP) is 5.16. The topological polar surface area (TPSA) is 57.7 Å². The second kappa shape index (κ2) is 9.14. The number of nitrogens with zero attached hydrogens (tertiary/aromatic N) is 2. The van der Waals surface area contributed by atoms with Crippen molar-refractivity contribution in [1.82, 2.24) is 4.90 Å². The number of benzene rings is 3. The highest BCUT2D eigenvalue weighted by atomic mass is 35.5. The van der Waals surface area contributed by atoms with Crippen LogP contribution in [0.15, 0.2) is 66.7 Å². The summed E-state index contributed by atoms with van der Waals surface area (Å²) in [6.07, 6.45) is 1.96. The van der Waals surface area contributed by atoms with Gasteiger partial charge in [0.15, 0.2) is 0 Å². The fraction of sp³-hybridized carbons (Fsp3) is 0.208. The number of halogens is 2. The molecule has 0 fully saturated rings. The lowest BCUT2D eigenvalue weighted by molar-refractivity contribution is 0.0734. The average Bonchev–Trinajstić information content (AvgIpc) is 2.78. The van der Waals surface area contributed by atoms with E-state index in [1.165, 1.54) is 15.4 Å². The van der Waals surface area contributed by atoms with Crippen LogP contribution in [0, 0.1) is 0 Å². The van der Waals surface area contributed by atoms with Gasteiger partial charge in [0.05, 0.1) is 28.5 Å². The number of rotatable bonds is 5. The number of amides is 1. The van der Waals surface area contributed by atoms with E-state index in [1.54, 1.807) is 42.5 Å². The average molecular weight is 489 g/mol. The number of fused-ring (bicyclic) bond motifs is 1. The van der Waals surface area contributed by atoms with Crippen molar-refractivity contribution in [3.63, 3.8) is 0 Å². The van der Waals surface area contributed by atoms with E-state index in [2.05, 4.69) is 12.1 Å². The van der Waals surface area contributed by atoms with Gasteiger partial charge in [0.1, 0.15) is 0 Å². The van der Waals surface area contributed by atoms with E-state index in [4.69, 9.17) is 23.2 Å². The van der Waals surface area contributed by atoms with Gasteiger partial charge in [-0.25, -0.2) is 8.42 Å². The maximum atomic E-state index is 13.0. The van der Waals surface area contributed by atoms with Crippen LogP contribution in [0.25, 0.3) is 0 Å². The zero-order valence-electron chi connectivity index (χ0n) is 17.5. The number of hydrogen-bond acceptors (Lipinski definition) is 3. The standard InChI is InChI=1S/C24H22Cl2N2O3S/c1-32(30,31)28(22-8-4-7-21(25)23(22)26)15-17-9-11-19(12-10-17)24(29)27-14-13-18-5-2-3-6-20(18)16-27/h2-12H,13-16H2,1H3. The number of sulfonamides is 1. The minimum atomic E-state index is -3.61. The van der Waals surface area contributed by atoms with Crippen LogP contribution in [0.2, 0.25) is 10.0 Å². The van der Waals surface area contributed by atoms with Gasteiger partial charge in [-0.2, -0.15) is 0 Å². The van der Waals surface area contributed by atoms with Crippen LogP contribution in [0.5, 0.6) is 0 Å². The summed E-state index contributed by atoms with van der Waals surface area (Å²) in [5, 5.41) is 0.457. The van der Waals surface area contributed by atoms with Gasteiger partial charge < -0.3 is 4.90 Å². The lowest BCUT2D eigenvalue weighted by Crippen LogP contribution is -2.35. The molecule has 1 aliphatic heterocycles. The van der Waals surface area contributed by atoms with Crippen LogP contribution in [0.3, 0.4) is 0 Å². The molecule has 0 radical (unpaired) electrons. The molecular weight excluding hydrogens is 467 g/mol. The Kier molecular flexibility index (Phi) is 6.47. The molecule has 5 nitrogen and oxygen atoms in total. The summed E-state index contributed by atoms with van der Waals surface area (Å²) >= 11 is 12.3. The molecule has 0 N–H and O–H groups in total. The minimum Gasteiger partial charge on any atom is -0.334 e. The molecule has 3 aromatic carbocycles. The number of carbonyl (C=O) groups is 1. The lowest BCUT2D eigenvalue weighted by atomic mass is 9.99. The zero-order valence-corrected chi connectivity index (χ0v) is 19.8. The van der Waals surface area contributed by atoms with Gasteiger partial charge in [-0.05, 0) is 47.4 Å². The fourth-order valence-corrected chi connectivity index (χ4v) is 5.18. The molecule has 32 heavy (non-hydrogen) atoms. The summed E-state index contributed by atoms with van der Waals surface area (Å²) < 4.78 is 26.1. The Bertz CT molecular complexity index is 1260. The highest BCUT2D eigenvalue weighted by Crippen LogP contribution is 2.34. The third kappa shape index (κ3) is 4.77. The van der Waals surface area contributed by atoms with E-state index in [9.17, 15) is 13.2 Å². The highest BCUT2D eigenvalue weighted by molar-refractivity contribution is 7.92. The van der Waals surface area contributed by atoms with Gasteiger partial charge >= 0.3 is 0 Å². The normalized spacial score (nSPS) is 13.5. The van der Waals surface area contributed by atoms with Gasteiger partial charge in [-0.1, -0.05) is 65.7 Å². The minimum absolute atomic E-state index is 0.0380. The summed E-state index contributed by atoms with van der Waals surface area (Å²) in [6.45, 7) is 1.34. The Labute approximate surface area is 198 Å². The number of carbonyl (C=O) groups excluding carboxylic acids is 1. The van der Waals surface area contributed by atoms with E-state index in [1.807, 2.05) is 17.0 Å². The zero-order chi connectivity index (χ0) is 22.9. The van der Waals surface area contributed by atoms with Crippen LogP contribution < -0.4 is 4.31 Å². The third-order valence-corrected chi connectivity index (χ3v) is 7.48. The molecule has 1 amide bonds. The summed E-state index contributed by atoms with van der Waals surface area (Å²) in [7, 11) is -3.61. The van der Waals surface area contributed by atoms with Gasteiger partial charge in [-0.3, -0.25) is 9.10 Å². The van der Waals surface area contributed by atoms with Crippen LogP contribution >= 0.6 is 23.2 Å². The molecule has 0 unspecified atom stereocenters. The van der Waals surface area contributed by atoms with E-state index in [0.717, 1.165) is 18.2 Å². The quantitative estimate of drug-likeness (QED) is 0.498. The van der Waals surface area contributed by atoms with Gasteiger partial charge in [-0.15, -0.1) is 0 Å². The summed E-state index contributed by atoms with van der Waals surface area (Å²) in [4.78, 5) is 14.8. The number of anilines is 1. The van der Waals surface area contributed by atoms with Crippen molar-refractivity contribution in [3.8, 4) is 0 Å². The first-order valence-electron chi connectivity index (χ1n) is 10.1. The first-order valence-corrected chi connectivity index (χ1v) is 12.7. The molecule has 0 saturated carbocycles. The monoisotopic (exact) mass is 488 g/mol. The first kappa shape index (κ1) is 22.6. The molecule has 4 rings (SSSR count). The Morgan fingerprint density at radius 1 is 0.969 bits per heavy atom. The van der Waals surface area contributed by atoms with Crippen LogP contribution in [0.1, 0.15) is 27.0 Å². The van der Waals surface area contributed by atoms with Gasteiger partial charge in [0.2, 0.25) is 10.0 Å². The molecule has 0 atom stereocenters. The Morgan fingerprint density at radius 2 is 1.66 bits per heavy atom. The predicted molar refractivity (Wildman–Crippen MR) is 129 cm³/mol. The molecule has 0 saturated heterocycles. The van der Waals surface area contributed by atoms with E-state index in [-0.39, 0.29) is 22.5 Å². The summed E-state index contributed by atoms with van der Waals surface area (Å²) in [5.41, 5.74) is 4.07. The maximum Gasteiger partial charge on any atom is 0.254 e. The molecule has 166 valence electrons. The third-order valence-electron chi connectivity index (χ3n) is 5.55. The van der Waals surface area contributed by atoms with Crippen molar-refractivity contribution >= 4 is 44.8 Å². The highest BCUT2D eigenvalue weighted by Gasteiger charge is 2.23. The van der Waals surface area contributed by atoms with Gasteiger partial charge in [0, 0.05) is 18.7 Å². The Balaban J connectivity index is 1.53. The largest absolute Gasteiger partial charge is 0.334 e. The van der Waals surface area contributed by atoms with Crippen LogP contribution in [-0.4, -0.2) is 32.0 Å². The molecule has 1 aliphatic rings. The second-order valence-corrected chi connectivity index (χ2v) is 10.5. The Morgan fingerprint density at radius 3 is 2.34 bits per heavy atom. The van der Waals surface area contributed by atoms with Crippen molar-refractivity contribution in [2.75, 3.05) is 17.1 Å². The maximum absolute atomic E-state index is 13.0. The van der Waals surface area contributed by atoms with Crippen molar-refractivity contribution in [3.05, 3.63) is 99.0 Å². The van der Waals surface area contributed by atoms with Gasteiger partial charge in [0.25, 0.3) is 5.91 Å². The van der Waals surface area contributed by atoms with Crippen LogP contribution in [-0.2, 0) is 29.5 Å². The van der Waals surface area contributed by atoms with Crippen molar-refractivity contribution in [2.45, 2.75) is 19.5 Å². The first-order chi connectivity index (χ1) is 15.2. The Hall–Kier alpha value is -2.54. The fourth-order valence-electron chi connectivity index (χ4n) is 3.84. The van der Waals surface area contributed by atoms with E-state index in [0.29, 0.717) is 24.3 Å². The molecule has 1 heterocycles. The molecule has 0 aliphatic carbocycles. The summed E-state index contributed by atoms with van der Waals surface area (Å²) in [6, 6.07) is 20.0. The molecule has 0 aromatic heterocycles. The van der Waals surface area contributed by atoms with Crippen molar-refractivity contribution < 1.29 is 13.2 Å². The lowest BCUT2D eigenvalue weighted by Gasteiger charge is -2.29. The molecule has 0 bridgehead atoms. The second-order valence-electron chi connectivity index (χ2n) is 7.78. The molecule has 3 aromatic rings. The molecule has 0 spiro atoms. The van der Waals surface area contributed by atoms with Crippen molar-refractivity contribution in [1.29, 1.82) is 0 Å². The smallest absolute Gasteiger partial charge is 0.254 e. The van der Waals surface area contributed by atoms with E-state index >= 15 is 0 Å².